The Labute approximate surface area is 180 Å². The fourth-order valence-electron chi connectivity index (χ4n) is 2.96. The zero-order chi connectivity index (χ0) is 23.3. The van der Waals surface area contributed by atoms with E-state index in [1.807, 2.05) is 0 Å². The van der Waals surface area contributed by atoms with Crippen molar-refractivity contribution in [1.82, 2.24) is 0 Å². The van der Waals surface area contributed by atoms with Gasteiger partial charge in [-0.05, 0) is 48.9 Å². The molecular weight excluding hydrogens is 433 g/mol. The summed E-state index contributed by atoms with van der Waals surface area (Å²) >= 11 is 0. The second-order valence-corrected chi connectivity index (χ2v) is 6.58. The van der Waals surface area contributed by atoms with E-state index in [2.05, 4.69) is 10.1 Å². The maximum absolute atomic E-state index is 15.0. The predicted octanol–water partition coefficient (Wildman–Crippen LogP) is 5.60. The van der Waals surface area contributed by atoms with Gasteiger partial charge in [0.2, 0.25) is 0 Å². The highest BCUT2D eigenvalue weighted by Crippen LogP contribution is 2.31. The van der Waals surface area contributed by atoms with Crippen molar-refractivity contribution in [2.45, 2.75) is 13.5 Å². The minimum absolute atomic E-state index is 0.0739. The predicted molar refractivity (Wildman–Crippen MR) is 108 cm³/mol. The summed E-state index contributed by atoms with van der Waals surface area (Å²) < 4.78 is 81.2. The summed E-state index contributed by atoms with van der Waals surface area (Å²) in [7, 11) is 0. The number of rotatable bonds is 8. The van der Waals surface area contributed by atoms with Gasteiger partial charge in [-0.2, -0.15) is 0 Å². The lowest BCUT2D eigenvalue weighted by Crippen LogP contribution is -2.16. The molecule has 0 aliphatic rings. The molecule has 3 rings (SSSR count). The van der Waals surface area contributed by atoms with Gasteiger partial charge in [0.15, 0.2) is 18.2 Å². The summed E-state index contributed by atoms with van der Waals surface area (Å²) in [6, 6.07) is 9.05. The summed E-state index contributed by atoms with van der Waals surface area (Å²) in [4.78, 5) is 11.4. The fraction of sp³-hybridized carbons (Fsp3) is 0.174. The number of ether oxygens (including phenoxy) is 2. The highest BCUT2D eigenvalue weighted by atomic mass is 19.1. The molecule has 0 aliphatic heterocycles. The van der Waals surface area contributed by atoms with E-state index in [0.29, 0.717) is 0 Å². The number of hydrogen-bond donors (Lipinski definition) is 1. The van der Waals surface area contributed by atoms with Crippen molar-refractivity contribution in [3.05, 3.63) is 83.2 Å². The number of benzene rings is 3. The molecule has 3 aromatic rings. The molecule has 168 valence electrons. The van der Waals surface area contributed by atoms with E-state index < -0.39 is 65.2 Å². The molecule has 0 radical (unpaired) electrons. The highest BCUT2D eigenvalue weighted by molar-refractivity contribution is 5.71. The van der Waals surface area contributed by atoms with Crippen molar-refractivity contribution in [3.8, 4) is 16.9 Å². The molecule has 32 heavy (non-hydrogen) atoms. The third kappa shape index (κ3) is 5.16. The molecule has 0 aliphatic carbocycles. The molecule has 0 amide bonds. The van der Waals surface area contributed by atoms with Crippen LogP contribution < -0.4 is 10.1 Å². The molecule has 0 saturated carbocycles. The first-order valence-electron chi connectivity index (χ1n) is 9.55. The maximum Gasteiger partial charge on any atom is 0.344 e. The van der Waals surface area contributed by atoms with E-state index in [4.69, 9.17) is 4.74 Å². The molecule has 3 aromatic carbocycles. The molecule has 0 aromatic heterocycles. The van der Waals surface area contributed by atoms with Gasteiger partial charge in [0.1, 0.15) is 29.0 Å². The van der Waals surface area contributed by atoms with Crippen LogP contribution >= 0.6 is 0 Å². The lowest BCUT2D eigenvalue weighted by Gasteiger charge is -2.14. The van der Waals surface area contributed by atoms with E-state index in [-0.39, 0.29) is 17.7 Å². The molecule has 1 N–H and O–H groups in total. The SMILES string of the molecule is CCOC(=O)COc1ccc(F)c(NCc2c(F)ccc(-c3cccc(F)c3)c2F)c1F. The van der Waals surface area contributed by atoms with Crippen LogP contribution in [0.5, 0.6) is 5.75 Å². The Morgan fingerprint density at radius 2 is 1.69 bits per heavy atom. The third-order valence-corrected chi connectivity index (χ3v) is 4.47. The number of anilines is 1. The smallest absolute Gasteiger partial charge is 0.344 e. The van der Waals surface area contributed by atoms with Crippen LogP contribution in [-0.4, -0.2) is 19.2 Å². The standard InChI is InChI=1S/C23H18F5NO3/c1-2-31-20(30)12-32-19-9-8-18(26)23(22(19)28)29-11-16-17(25)7-6-15(21(16)27)13-4-3-5-14(24)10-13/h3-10,29H,2,11-12H2,1H3. The molecule has 0 spiro atoms. The van der Waals surface area contributed by atoms with Crippen LogP contribution in [0, 0.1) is 29.1 Å². The van der Waals surface area contributed by atoms with Gasteiger partial charge >= 0.3 is 5.97 Å². The van der Waals surface area contributed by atoms with Crippen molar-refractivity contribution in [1.29, 1.82) is 0 Å². The topological polar surface area (TPSA) is 47.6 Å². The maximum atomic E-state index is 15.0. The largest absolute Gasteiger partial charge is 0.479 e. The minimum atomic E-state index is -1.18. The molecule has 0 saturated heterocycles. The van der Waals surface area contributed by atoms with Gasteiger partial charge < -0.3 is 14.8 Å². The summed E-state index contributed by atoms with van der Waals surface area (Å²) in [5, 5.41) is 2.32. The van der Waals surface area contributed by atoms with Gasteiger partial charge in [-0.1, -0.05) is 12.1 Å². The Morgan fingerprint density at radius 3 is 2.41 bits per heavy atom. The van der Waals surface area contributed by atoms with E-state index in [0.717, 1.165) is 30.3 Å². The monoisotopic (exact) mass is 451 g/mol. The summed E-state index contributed by atoms with van der Waals surface area (Å²) in [6.07, 6.45) is 0. The van der Waals surface area contributed by atoms with Crippen LogP contribution in [0.25, 0.3) is 11.1 Å². The number of carbonyl (C=O) groups is 1. The molecular formula is C23H18F5NO3. The summed E-state index contributed by atoms with van der Waals surface area (Å²) in [5.41, 5.74) is -1.09. The molecule has 0 bridgehead atoms. The van der Waals surface area contributed by atoms with Crippen LogP contribution in [0.3, 0.4) is 0 Å². The Morgan fingerprint density at radius 1 is 0.938 bits per heavy atom. The zero-order valence-corrected chi connectivity index (χ0v) is 16.9. The second kappa shape index (κ2) is 10.1. The molecule has 4 nitrogen and oxygen atoms in total. The molecule has 9 heteroatoms. The number of hydrogen-bond acceptors (Lipinski definition) is 4. The molecule has 0 heterocycles. The Hall–Kier alpha value is -3.62. The van der Waals surface area contributed by atoms with Crippen molar-refractivity contribution in [2.75, 3.05) is 18.5 Å². The van der Waals surface area contributed by atoms with Gasteiger partial charge in [0.25, 0.3) is 0 Å². The number of nitrogens with one attached hydrogen (secondary N) is 1. The Kier molecular flexibility index (Phi) is 7.29. The first-order chi connectivity index (χ1) is 15.3. The van der Waals surface area contributed by atoms with Crippen molar-refractivity contribution in [3.63, 3.8) is 0 Å². The van der Waals surface area contributed by atoms with Gasteiger partial charge in [-0.3, -0.25) is 0 Å². The number of carbonyl (C=O) groups excluding carboxylic acids is 1. The van der Waals surface area contributed by atoms with Crippen molar-refractivity contribution in [2.24, 2.45) is 0 Å². The average molecular weight is 451 g/mol. The van der Waals surface area contributed by atoms with Crippen LogP contribution in [0.2, 0.25) is 0 Å². The Balaban J connectivity index is 1.84. The van der Waals surface area contributed by atoms with Crippen molar-refractivity contribution < 1.29 is 36.2 Å². The first kappa shape index (κ1) is 23.1. The van der Waals surface area contributed by atoms with E-state index in [1.165, 1.54) is 18.2 Å². The van der Waals surface area contributed by atoms with E-state index in [9.17, 15) is 26.7 Å². The molecule has 0 fully saturated rings. The van der Waals surface area contributed by atoms with Gasteiger partial charge in [-0.25, -0.2) is 26.7 Å². The van der Waals surface area contributed by atoms with E-state index >= 15 is 0 Å². The van der Waals surface area contributed by atoms with Crippen LogP contribution in [-0.2, 0) is 16.1 Å². The lowest BCUT2D eigenvalue weighted by molar-refractivity contribution is -0.145. The van der Waals surface area contributed by atoms with Crippen molar-refractivity contribution >= 4 is 11.7 Å². The lowest BCUT2D eigenvalue weighted by atomic mass is 10.0. The van der Waals surface area contributed by atoms with Gasteiger partial charge in [-0.15, -0.1) is 0 Å². The summed E-state index contributed by atoms with van der Waals surface area (Å²) in [6.45, 7) is 0.470. The normalized spacial score (nSPS) is 10.7. The van der Waals surface area contributed by atoms with Crippen LogP contribution in [0.4, 0.5) is 27.6 Å². The fourth-order valence-corrected chi connectivity index (χ4v) is 2.96. The van der Waals surface area contributed by atoms with Crippen LogP contribution in [0.1, 0.15) is 12.5 Å². The number of esters is 1. The first-order valence-corrected chi connectivity index (χ1v) is 9.55. The molecule has 0 unspecified atom stereocenters. The quantitative estimate of drug-likeness (QED) is 0.358. The summed E-state index contributed by atoms with van der Waals surface area (Å²) in [5.74, 6) is -5.97. The van der Waals surface area contributed by atoms with Gasteiger partial charge in [0.05, 0.1) is 6.61 Å². The minimum Gasteiger partial charge on any atom is -0.479 e. The molecule has 0 atom stereocenters. The van der Waals surface area contributed by atoms with Crippen LogP contribution in [0.15, 0.2) is 48.5 Å². The third-order valence-electron chi connectivity index (χ3n) is 4.47. The zero-order valence-electron chi connectivity index (χ0n) is 16.9. The number of halogens is 5. The Bertz CT molecular complexity index is 1140. The highest BCUT2D eigenvalue weighted by Gasteiger charge is 2.19. The second-order valence-electron chi connectivity index (χ2n) is 6.58. The average Bonchev–Trinajstić information content (AvgIpc) is 2.75. The van der Waals surface area contributed by atoms with Gasteiger partial charge in [0, 0.05) is 17.7 Å². The van der Waals surface area contributed by atoms with E-state index in [1.54, 1.807) is 6.92 Å².